The highest BCUT2D eigenvalue weighted by Gasteiger charge is 2.07. The summed E-state index contributed by atoms with van der Waals surface area (Å²) in [6.45, 7) is 1.96. The number of para-hydroxylation sites is 1. The quantitative estimate of drug-likeness (QED) is 0.835. The predicted molar refractivity (Wildman–Crippen MR) is 77.3 cm³/mol. The topological polar surface area (TPSA) is 35.2 Å². The monoisotopic (exact) mass is 259 g/mol. The van der Waals surface area contributed by atoms with E-state index in [1.165, 1.54) is 4.90 Å². The van der Waals surface area contributed by atoms with Gasteiger partial charge in [0.2, 0.25) is 0 Å². The number of nitrogens with two attached hydrogens (primary N) is 1. The average molecular weight is 259 g/mol. The zero-order valence-corrected chi connectivity index (χ0v) is 11.4. The summed E-state index contributed by atoms with van der Waals surface area (Å²) in [4.78, 5) is 1.22. The molecule has 94 valence electrons. The molecule has 0 fully saturated rings. The Morgan fingerprint density at radius 3 is 2.33 bits per heavy atom. The van der Waals surface area contributed by atoms with E-state index < -0.39 is 0 Å². The van der Waals surface area contributed by atoms with Gasteiger partial charge in [0.05, 0.1) is 0 Å². The maximum Gasteiger partial charge on any atom is 0.132 e. The van der Waals surface area contributed by atoms with Gasteiger partial charge in [-0.3, -0.25) is 0 Å². The van der Waals surface area contributed by atoms with E-state index in [1.807, 2.05) is 43.3 Å². The van der Waals surface area contributed by atoms with Crippen LogP contribution in [0.3, 0.4) is 0 Å². The van der Waals surface area contributed by atoms with Crippen LogP contribution in [-0.2, 0) is 0 Å². The molecule has 0 aliphatic rings. The van der Waals surface area contributed by atoms with E-state index >= 15 is 0 Å². The Bertz CT molecular complexity index is 508. The first-order valence-corrected chi connectivity index (χ1v) is 7.09. The minimum Gasteiger partial charge on any atom is -0.457 e. The number of hydrogen-bond donors (Lipinski definition) is 1. The molecule has 2 nitrogen and oxygen atoms in total. The second kappa shape index (κ2) is 5.94. The van der Waals surface area contributed by atoms with Crippen molar-refractivity contribution in [3.63, 3.8) is 0 Å². The summed E-state index contributed by atoms with van der Waals surface area (Å²) >= 11 is 1.72. The lowest BCUT2D eigenvalue weighted by Crippen LogP contribution is -2.06. The van der Waals surface area contributed by atoms with Gasteiger partial charge in [-0.15, -0.1) is 11.8 Å². The number of benzene rings is 2. The molecule has 0 heterocycles. The van der Waals surface area contributed by atoms with Crippen molar-refractivity contribution in [3.05, 3.63) is 54.1 Å². The maximum atomic E-state index is 5.93. The van der Waals surface area contributed by atoms with Gasteiger partial charge in [-0.2, -0.15) is 0 Å². The maximum absolute atomic E-state index is 5.93. The highest BCUT2D eigenvalue weighted by Crippen LogP contribution is 2.29. The molecule has 0 amide bonds. The SMILES string of the molecule is CSc1ccc(Oc2ccccc2[C@@H](C)N)cc1. The van der Waals surface area contributed by atoms with Crippen LogP contribution in [0.1, 0.15) is 18.5 Å². The molecule has 3 heteroatoms. The minimum absolute atomic E-state index is 0.0355. The van der Waals surface area contributed by atoms with Gasteiger partial charge in [0.25, 0.3) is 0 Å². The van der Waals surface area contributed by atoms with Crippen molar-refractivity contribution in [3.8, 4) is 11.5 Å². The Kier molecular flexibility index (Phi) is 4.28. The van der Waals surface area contributed by atoms with Crippen LogP contribution in [0.5, 0.6) is 11.5 Å². The van der Waals surface area contributed by atoms with Crippen molar-refractivity contribution in [1.29, 1.82) is 0 Å². The molecule has 0 aromatic heterocycles. The van der Waals surface area contributed by atoms with Crippen LogP contribution >= 0.6 is 11.8 Å². The standard InChI is InChI=1S/C15H17NOS/c1-11(16)14-5-3-4-6-15(14)17-12-7-9-13(18-2)10-8-12/h3-11H,16H2,1-2H3/t11-/m1/s1. The van der Waals surface area contributed by atoms with E-state index in [2.05, 4.69) is 18.4 Å². The Hall–Kier alpha value is -1.45. The van der Waals surface area contributed by atoms with Gasteiger partial charge in [0, 0.05) is 16.5 Å². The van der Waals surface area contributed by atoms with Gasteiger partial charge < -0.3 is 10.5 Å². The Morgan fingerprint density at radius 2 is 1.72 bits per heavy atom. The van der Waals surface area contributed by atoms with E-state index in [0.29, 0.717) is 0 Å². The summed E-state index contributed by atoms with van der Waals surface area (Å²) in [5, 5.41) is 0. The van der Waals surface area contributed by atoms with Crippen molar-refractivity contribution in [2.45, 2.75) is 17.9 Å². The van der Waals surface area contributed by atoms with Gasteiger partial charge in [0.1, 0.15) is 11.5 Å². The largest absolute Gasteiger partial charge is 0.457 e. The zero-order chi connectivity index (χ0) is 13.0. The molecule has 2 N–H and O–H groups in total. The van der Waals surface area contributed by atoms with Crippen molar-refractivity contribution in [2.75, 3.05) is 6.26 Å². The summed E-state index contributed by atoms with van der Waals surface area (Å²) in [5.74, 6) is 1.66. The molecule has 0 saturated heterocycles. The van der Waals surface area contributed by atoms with Gasteiger partial charge in [-0.05, 0) is 43.5 Å². The third-order valence-corrected chi connectivity index (χ3v) is 3.44. The summed E-state index contributed by atoms with van der Waals surface area (Å²) in [6.07, 6.45) is 2.06. The second-order valence-corrected chi connectivity index (χ2v) is 4.98. The van der Waals surface area contributed by atoms with Crippen molar-refractivity contribution >= 4 is 11.8 Å². The zero-order valence-electron chi connectivity index (χ0n) is 10.6. The van der Waals surface area contributed by atoms with Crippen LogP contribution in [-0.4, -0.2) is 6.26 Å². The molecule has 2 aromatic carbocycles. The molecule has 0 aliphatic heterocycles. The van der Waals surface area contributed by atoms with E-state index in [4.69, 9.17) is 10.5 Å². The molecule has 0 bridgehead atoms. The molecule has 2 rings (SSSR count). The van der Waals surface area contributed by atoms with Crippen molar-refractivity contribution in [1.82, 2.24) is 0 Å². The van der Waals surface area contributed by atoms with Crippen LogP contribution in [0, 0.1) is 0 Å². The van der Waals surface area contributed by atoms with Gasteiger partial charge in [0.15, 0.2) is 0 Å². The lowest BCUT2D eigenvalue weighted by Gasteiger charge is -2.13. The molecule has 0 radical (unpaired) electrons. The van der Waals surface area contributed by atoms with Crippen LogP contribution in [0.2, 0.25) is 0 Å². The van der Waals surface area contributed by atoms with Crippen LogP contribution in [0.4, 0.5) is 0 Å². The summed E-state index contributed by atoms with van der Waals surface area (Å²) in [7, 11) is 0. The fraction of sp³-hybridized carbons (Fsp3) is 0.200. The fourth-order valence-electron chi connectivity index (χ4n) is 1.72. The Balaban J connectivity index is 2.22. The number of rotatable bonds is 4. The molecule has 2 aromatic rings. The normalized spacial score (nSPS) is 12.2. The molecule has 1 atom stereocenters. The third kappa shape index (κ3) is 3.06. The first-order chi connectivity index (χ1) is 8.70. The molecule has 0 saturated carbocycles. The highest BCUT2D eigenvalue weighted by molar-refractivity contribution is 7.98. The first-order valence-electron chi connectivity index (χ1n) is 5.87. The molecular formula is C15H17NOS. The molecule has 18 heavy (non-hydrogen) atoms. The number of hydrogen-bond acceptors (Lipinski definition) is 3. The lowest BCUT2D eigenvalue weighted by atomic mass is 10.1. The van der Waals surface area contributed by atoms with Crippen molar-refractivity contribution < 1.29 is 4.74 Å². The van der Waals surface area contributed by atoms with Gasteiger partial charge in [-0.25, -0.2) is 0 Å². The Labute approximate surface area is 112 Å². The van der Waals surface area contributed by atoms with Crippen molar-refractivity contribution in [2.24, 2.45) is 5.73 Å². The minimum atomic E-state index is -0.0355. The highest BCUT2D eigenvalue weighted by atomic mass is 32.2. The summed E-state index contributed by atoms with van der Waals surface area (Å²) < 4.78 is 5.88. The summed E-state index contributed by atoms with van der Waals surface area (Å²) in [6, 6.07) is 15.9. The fourth-order valence-corrected chi connectivity index (χ4v) is 2.13. The smallest absolute Gasteiger partial charge is 0.132 e. The van der Waals surface area contributed by atoms with E-state index in [0.717, 1.165) is 17.1 Å². The summed E-state index contributed by atoms with van der Waals surface area (Å²) in [5.41, 5.74) is 6.95. The van der Waals surface area contributed by atoms with Gasteiger partial charge in [-0.1, -0.05) is 18.2 Å². The molecule has 0 unspecified atom stereocenters. The first kappa shape index (κ1) is 13.0. The predicted octanol–water partition coefficient (Wildman–Crippen LogP) is 4.22. The number of ether oxygens (including phenoxy) is 1. The van der Waals surface area contributed by atoms with E-state index in [1.54, 1.807) is 11.8 Å². The van der Waals surface area contributed by atoms with Gasteiger partial charge >= 0.3 is 0 Å². The lowest BCUT2D eigenvalue weighted by molar-refractivity contribution is 0.471. The molecule has 0 spiro atoms. The van der Waals surface area contributed by atoms with E-state index in [-0.39, 0.29) is 6.04 Å². The van der Waals surface area contributed by atoms with Crippen LogP contribution in [0.15, 0.2) is 53.4 Å². The van der Waals surface area contributed by atoms with E-state index in [9.17, 15) is 0 Å². The third-order valence-electron chi connectivity index (χ3n) is 2.70. The molecular weight excluding hydrogens is 242 g/mol. The van der Waals surface area contributed by atoms with Crippen LogP contribution in [0.25, 0.3) is 0 Å². The van der Waals surface area contributed by atoms with Crippen LogP contribution < -0.4 is 10.5 Å². The Morgan fingerprint density at radius 1 is 1.06 bits per heavy atom. The number of thioether (sulfide) groups is 1. The second-order valence-electron chi connectivity index (χ2n) is 4.10. The molecule has 0 aliphatic carbocycles. The average Bonchev–Trinajstić information content (AvgIpc) is 2.40.